The van der Waals surface area contributed by atoms with Crippen molar-refractivity contribution in [3.8, 4) is 0 Å². The SMILES string of the molecule is CCC[C@@H]1O[C@@H]2C[C@H]3[C@@H]4C[C@H](F)C5=CC(=O)CC[C@]5(C)[C@@]4(F)[C@@H](O)C[C@]3(C)[C@]2(C(=O)On2ccccc2=S)O1. The van der Waals surface area contributed by atoms with Crippen LogP contribution < -0.4 is 4.84 Å². The standard InChI is InChI=1S/C29H35F2NO6S/c1-4-7-24-36-22-14-17-18-13-20(30)19-12-16(33)9-10-26(19,2)28(18,31)21(34)15-27(17,3)29(22,37-24)25(35)38-32-11-6-5-8-23(32)39/h5-6,8,11-12,17-18,20-22,24,34H,4,7,9-10,13-15H2,1-3H3/t17-,18-,20-,21-,22+,24+,26-,27-,28-,29-/m0/s1. The van der Waals surface area contributed by atoms with Crippen LogP contribution in [0.25, 0.3) is 0 Å². The molecule has 1 saturated heterocycles. The van der Waals surface area contributed by atoms with Crippen molar-refractivity contribution in [2.24, 2.45) is 22.7 Å². The molecular formula is C29H35F2NO6S. The molecule has 0 unspecified atom stereocenters. The third-order valence-electron chi connectivity index (χ3n) is 10.6. The summed E-state index contributed by atoms with van der Waals surface area (Å²) in [7, 11) is 0. The highest BCUT2D eigenvalue weighted by Crippen LogP contribution is 2.72. The minimum absolute atomic E-state index is 0.0985. The van der Waals surface area contributed by atoms with Crippen molar-refractivity contribution in [3.63, 3.8) is 0 Å². The van der Waals surface area contributed by atoms with E-state index in [1.807, 2.05) is 13.8 Å². The largest absolute Gasteiger partial charge is 0.390 e. The zero-order chi connectivity index (χ0) is 28.0. The van der Waals surface area contributed by atoms with Crippen LogP contribution in [0.4, 0.5) is 8.78 Å². The predicted molar refractivity (Wildman–Crippen MR) is 138 cm³/mol. The number of nitrogens with zero attached hydrogens (tertiary/aromatic N) is 1. The summed E-state index contributed by atoms with van der Waals surface area (Å²) in [5.74, 6) is -2.39. The Bertz CT molecular complexity index is 1300. The summed E-state index contributed by atoms with van der Waals surface area (Å²) in [6, 6.07) is 5.02. The summed E-state index contributed by atoms with van der Waals surface area (Å²) in [6.45, 7) is 5.43. The Balaban J connectivity index is 1.44. The van der Waals surface area contributed by atoms with E-state index in [1.165, 1.54) is 17.0 Å². The number of alkyl halides is 2. The van der Waals surface area contributed by atoms with Crippen LogP contribution in [0, 0.1) is 27.3 Å². The summed E-state index contributed by atoms with van der Waals surface area (Å²) in [6.07, 6.45) is -0.219. The molecule has 0 bridgehead atoms. The van der Waals surface area contributed by atoms with E-state index >= 15 is 8.78 Å². The molecule has 1 N–H and O–H groups in total. The second-order valence-electron chi connectivity index (χ2n) is 12.4. The average Bonchev–Trinajstić information content (AvgIpc) is 3.36. The molecule has 2 heterocycles. The fraction of sp³-hybridized carbons (Fsp3) is 0.690. The molecule has 10 heteroatoms. The number of aliphatic hydroxyl groups excluding tert-OH is 1. The zero-order valence-electron chi connectivity index (χ0n) is 22.4. The Kier molecular flexibility index (Phi) is 6.27. The Morgan fingerprint density at radius 2 is 2.05 bits per heavy atom. The Morgan fingerprint density at radius 1 is 1.28 bits per heavy atom. The van der Waals surface area contributed by atoms with Gasteiger partial charge in [-0.1, -0.05) is 45.5 Å². The van der Waals surface area contributed by atoms with Crippen LogP contribution in [0.1, 0.15) is 65.7 Å². The molecule has 7 nitrogen and oxygen atoms in total. The van der Waals surface area contributed by atoms with E-state index in [-0.39, 0.29) is 48.1 Å². The maximum Gasteiger partial charge on any atom is 0.367 e. The van der Waals surface area contributed by atoms with Gasteiger partial charge in [-0.15, -0.1) is 0 Å². The van der Waals surface area contributed by atoms with Gasteiger partial charge in [0.1, 0.15) is 22.6 Å². The van der Waals surface area contributed by atoms with Gasteiger partial charge < -0.3 is 19.4 Å². The summed E-state index contributed by atoms with van der Waals surface area (Å²) < 4.78 is 47.6. The minimum Gasteiger partial charge on any atom is -0.390 e. The Labute approximate surface area is 231 Å². The third kappa shape index (κ3) is 3.44. The van der Waals surface area contributed by atoms with Crippen molar-refractivity contribution in [3.05, 3.63) is 40.7 Å². The number of hydrogen-bond acceptors (Lipinski definition) is 7. The Hall–Kier alpha value is -2.01. The molecule has 0 radical (unpaired) electrons. The first-order valence-electron chi connectivity index (χ1n) is 13.9. The monoisotopic (exact) mass is 563 g/mol. The van der Waals surface area contributed by atoms with Gasteiger partial charge in [0.15, 0.2) is 12.1 Å². The van der Waals surface area contributed by atoms with Crippen LogP contribution in [-0.2, 0) is 19.1 Å². The lowest BCUT2D eigenvalue weighted by Crippen LogP contribution is -2.71. The van der Waals surface area contributed by atoms with E-state index in [1.54, 1.807) is 25.1 Å². The summed E-state index contributed by atoms with van der Waals surface area (Å²) in [5.41, 5.74) is -6.13. The first kappa shape index (κ1) is 27.2. The van der Waals surface area contributed by atoms with E-state index in [2.05, 4.69) is 0 Å². The molecule has 0 aromatic carbocycles. The molecule has 6 rings (SSSR count). The van der Waals surface area contributed by atoms with Crippen LogP contribution in [0.3, 0.4) is 0 Å². The quantitative estimate of drug-likeness (QED) is 0.536. The second-order valence-corrected chi connectivity index (χ2v) is 12.8. The molecule has 1 aromatic rings. The number of ether oxygens (including phenoxy) is 2. The van der Waals surface area contributed by atoms with E-state index in [0.29, 0.717) is 6.42 Å². The van der Waals surface area contributed by atoms with Crippen molar-refractivity contribution in [2.45, 2.75) is 102 Å². The van der Waals surface area contributed by atoms with Crippen LogP contribution in [0.2, 0.25) is 0 Å². The molecule has 0 amide bonds. The van der Waals surface area contributed by atoms with Crippen molar-refractivity contribution >= 4 is 24.0 Å². The summed E-state index contributed by atoms with van der Waals surface area (Å²) in [4.78, 5) is 32.1. The van der Waals surface area contributed by atoms with Crippen LogP contribution in [-0.4, -0.2) is 57.5 Å². The number of aliphatic hydroxyl groups is 1. The lowest BCUT2D eigenvalue weighted by atomic mass is 9.43. The van der Waals surface area contributed by atoms with Gasteiger partial charge in [-0.2, -0.15) is 4.73 Å². The van der Waals surface area contributed by atoms with Gasteiger partial charge in [0.05, 0.1) is 6.10 Å². The van der Waals surface area contributed by atoms with Crippen LogP contribution in [0.5, 0.6) is 0 Å². The highest BCUT2D eigenvalue weighted by molar-refractivity contribution is 7.71. The second kappa shape index (κ2) is 8.99. The number of pyridine rings is 1. The number of hydrogen-bond donors (Lipinski definition) is 1. The number of carbonyl (C=O) groups excluding carboxylic acids is 2. The van der Waals surface area contributed by atoms with Crippen molar-refractivity contribution in [1.29, 1.82) is 0 Å². The van der Waals surface area contributed by atoms with Gasteiger partial charge >= 0.3 is 5.97 Å². The normalized spacial score (nSPS) is 46.5. The van der Waals surface area contributed by atoms with Gasteiger partial charge in [-0.25, -0.2) is 13.6 Å². The maximum atomic E-state index is 17.6. The van der Waals surface area contributed by atoms with Crippen molar-refractivity contribution in [1.82, 2.24) is 4.73 Å². The summed E-state index contributed by atoms with van der Waals surface area (Å²) in [5, 5.41) is 11.7. The smallest absolute Gasteiger partial charge is 0.367 e. The molecule has 10 atom stereocenters. The van der Waals surface area contributed by atoms with Gasteiger partial charge in [-0.05, 0) is 61.8 Å². The van der Waals surface area contributed by atoms with Crippen molar-refractivity contribution < 1.29 is 37.8 Å². The van der Waals surface area contributed by atoms with Gasteiger partial charge in [0.2, 0.25) is 5.60 Å². The lowest BCUT2D eigenvalue weighted by Gasteiger charge is -2.63. The lowest BCUT2D eigenvalue weighted by molar-refractivity contribution is -0.248. The highest BCUT2D eigenvalue weighted by Gasteiger charge is 2.81. The average molecular weight is 564 g/mol. The van der Waals surface area contributed by atoms with E-state index < -0.39 is 64.6 Å². The molecule has 1 aromatic heterocycles. The predicted octanol–water partition coefficient (Wildman–Crippen LogP) is 4.61. The van der Waals surface area contributed by atoms with Crippen LogP contribution >= 0.6 is 12.2 Å². The highest BCUT2D eigenvalue weighted by atomic mass is 32.1. The van der Waals surface area contributed by atoms with E-state index in [4.69, 9.17) is 26.5 Å². The van der Waals surface area contributed by atoms with Crippen molar-refractivity contribution in [2.75, 3.05) is 0 Å². The number of allylic oxidation sites excluding steroid dienone is 1. The van der Waals surface area contributed by atoms with Gasteiger partial charge in [0.25, 0.3) is 0 Å². The number of halogens is 2. The molecule has 1 aliphatic heterocycles. The number of carbonyl (C=O) groups is 2. The first-order chi connectivity index (χ1) is 18.4. The number of fused-ring (bicyclic) bond motifs is 7. The molecule has 4 aliphatic carbocycles. The fourth-order valence-corrected chi connectivity index (χ4v) is 8.91. The number of rotatable bonds is 4. The summed E-state index contributed by atoms with van der Waals surface area (Å²) >= 11 is 5.32. The number of ketones is 1. The van der Waals surface area contributed by atoms with Crippen LogP contribution in [0.15, 0.2) is 36.0 Å². The zero-order valence-corrected chi connectivity index (χ0v) is 23.2. The van der Waals surface area contributed by atoms with E-state index in [9.17, 15) is 14.7 Å². The molecule has 0 spiro atoms. The molecule has 5 aliphatic rings. The number of aromatic nitrogens is 1. The fourth-order valence-electron chi connectivity index (χ4n) is 8.74. The van der Waals surface area contributed by atoms with E-state index in [0.717, 1.165) is 6.42 Å². The molecule has 4 fully saturated rings. The topological polar surface area (TPSA) is 87.0 Å². The Morgan fingerprint density at radius 3 is 2.77 bits per heavy atom. The first-order valence-corrected chi connectivity index (χ1v) is 14.3. The molecule has 212 valence electrons. The van der Waals surface area contributed by atoms with Gasteiger partial charge in [-0.3, -0.25) is 4.79 Å². The molecular weight excluding hydrogens is 528 g/mol. The third-order valence-corrected chi connectivity index (χ3v) is 10.9. The molecule has 3 saturated carbocycles. The minimum atomic E-state index is -2.18. The van der Waals surface area contributed by atoms with Gasteiger partial charge in [0, 0.05) is 29.4 Å². The molecule has 39 heavy (non-hydrogen) atoms. The maximum absolute atomic E-state index is 17.6.